The Kier molecular flexibility index (Phi) is 3.08. The van der Waals surface area contributed by atoms with Gasteiger partial charge in [0.15, 0.2) is 5.65 Å². The molecule has 0 aromatic carbocycles. The van der Waals surface area contributed by atoms with Crippen molar-refractivity contribution in [1.82, 2.24) is 14.6 Å². The van der Waals surface area contributed by atoms with E-state index in [9.17, 15) is 4.79 Å². The Morgan fingerprint density at radius 1 is 1.53 bits per heavy atom. The van der Waals surface area contributed by atoms with E-state index in [4.69, 9.17) is 4.74 Å². The zero-order valence-electron chi connectivity index (χ0n) is 10.2. The van der Waals surface area contributed by atoms with Gasteiger partial charge in [-0.05, 0) is 12.8 Å². The summed E-state index contributed by atoms with van der Waals surface area (Å²) >= 11 is 0. The summed E-state index contributed by atoms with van der Waals surface area (Å²) in [4.78, 5) is 16.1. The van der Waals surface area contributed by atoms with Crippen LogP contribution in [0.1, 0.15) is 42.6 Å². The van der Waals surface area contributed by atoms with Crippen LogP contribution < -0.4 is 0 Å². The van der Waals surface area contributed by atoms with Gasteiger partial charge in [-0.25, -0.2) is 14.3 Å². The first kappa shape index (κ1) is 11.6. The fraction of sp³-hybridized carbons (Fsp3) is 0.417. The van der Waals surface area contributed by atoms with Crippen LogP contribution in [0.4, 0.5) is 0 Å². The minimum Gasteiger partial charge on any atom is -0.462 e. The van der Waals surface area contributed by atoms with E-state index >= 15 is 0 Å². The van der Waals surface area contributed by atoms with Gasteiger partial charge in [-0.15, -0.1) is 0 Å². The summed E-state index contributed by atoms with van der Waals surface area (Å²) < 4.78 is 6.69. The molecule has 90 valence electrons. The second-order valence-corrected chi connectivity index (χ2v) is 4.04. The third-order valence-corrected chi connectivity index (χ3v) is 2.54. The van der Waals surface area contributed by atoms with E-state index in [1.54, 1.807) is 30.0 Å². The van der Waals surface area contributed by atoms with Crippen molar-refractivity contribution < 1.29 is 9.53 Å². The highest BCUT2D eigenvalue weighted by Crippen LogP contribution is 2.23. The fourth-order valence-electron chi connectivity index (χ4n) is 1.83. The highest BCUT2D eigenvalue weighted by atomic mass is 16.5. The van der Waals surface area contributed by atoms with E-state index < -0.39 is 0 Å². The molecule has 0 unspecified atom stereocenters. The van der Waals surface area contributed by atoms with Crippen LogP contribution in [-0.4, -0.2) is 27.2 Å². The lowest BCUT2D eigenvalue weighted by atomic mass is 10.00. The normalized spacial score (nSPS) is 11.1. The first-order valence-electron chi connectivity index (χ1n) is 5.64. The molecule has 5 heteroatoms. The van der Waals surface area contributed by atoms with Gasteiger partial charge in [0.2, 0.25) is 0 Å². The number of carbonyl (C=O) groups excluding carboxylic acids is 1. The molecule has 2 aromatic rings. The molecule has 2 aromatic heterocycles. The number of aromatic nitrogens is 3. The first-order valence-corrected chi connectivity index (χ1v) is 5.64. The van der Waals surface area contributed by atoms with Gasteiger partial charge in [-0.2, -0.15) is 5.10 Å². The molecule has 0 aliphatic carbocycles. The highest BCUT2D eigenvalue weighted by Gasteiger charge is 2.19. The van der Waals surface area contributed by atoms with Crippen LogP contribution in [-0.2, 0) is 4.74 Å². The summed E-state index contributed by atoms with van der Waals surface area (Å²) in [6.07, 6.45) is 4.97. The second kappa shape index (κ2) is 4.53. The van der Waals surface area contributed by atoms with E-state index in [1.165, 1.54) is 0 Å². The third kappa shape index (κ3) is 2.00. The van der Waals surface area contributed by atoms with Crippen LogP contribution in [0.2, 0.25) is 0 Å². The Bertz CT molecular complexity index is 546. The van der Waals surface area contributed by atoms with Crippen molar-refractivity contribution in [3.8, 4) is 0 Å². The smallest absolute Gasteiger partial charge is 0.340 e. The van der Waals surface area contributed by atoms with Crippen LogP contribution in [0.5, 0.6) is 0 Å². The molecule has 2 heterocycles. The molecule has 0 saturated heterocycles. The van der Waals surface area contributed by atoms with Gasteiger partial charge in [0.25, 0.3) is 0 Å². The molecule has 0 bridgehead atoms. The molecule has 0 spiro atoms. The van der Waals surface area contributed by atoms with Crippen LogP contribution in [0.15, 0.2) is 18.6 Å². The zero-order chi connectivity index (χ0) is 12.4. The van der Waals surface area contributed by atoms with Crippen molar-refractivity contribution in [2.45, 2.75) is 26.7 Å². The number of hydrogen-bond donors (Lipinski definition) is 0. The van der Waals surface area contributed by atoms with Gasteiger partial charge in [0.1, 0.15) is 0 Å². The number of fused-ring (bicyclic) bond motifs is 1. The van der Waals surface area contributed by atoms with Crippen LogP contribution >= 0.6 is 0 Å². The Morgan fingerprint density at radius 3 is 2.94 bits per heavy atom. The Morgan fingerprint density at radius 2 is 2.29 bits per heavy atom. The standard InChI is InChI=1S/C12H15N3O2/c1-4-17-12(16)9-7-14-15-6-5-13-11(15)10(9)8(2)3/h5-8H,4H2,1-3H3. The van der Waals surface area contributed by atoms with E-state index in [-0.39, 0.29) is 11.9 Å². The lowest BCUT2D eigenvalue weighted by Gasteiger charge is -2.12. The van der Waals surface area contributed by atoms with Gasteiger partial charge in [-0.1, -0.05) is 13.8 Å². The summed E-state index contributed by atoms with van der Waals surface area (Å²) in [6.45, 7) is 6.18. The molecule has 17 heavy (non-hydrogen) atoms. The molecule has 0 aliphatic heterocycles. The lowest BCUT2D eigenvalue weighted by Crippen LogP contribution is -2.12. The topological polar surface area (TPSA) is 56.5 Å². The summed E-state index contributed by atoms with van der Waals surface area (Å²) in [7, 11) is 0. The van der Waals surface area contributed by atoms with Crippen molar-refractivity contribution in [3.63, 3.8) is 0 Å². The van der Waals surface area contributed by atoms with Crippen molar-refractivity contribution in [2.24, 2.45) is 0 Å². The maximum atomic E-state index is 11.8. The monoisotopic (exact) mass is 233 g/mol. The largest absolute Gasteiger partial charge is 0.462 e. The van der Waals surface area contributed by atoms with Crippen molar-refractivity contribution >= 4 is 11.6 Å². The molecule has 0 saturated carbocycles. The van der Waals surface area contributed by atoms with Gasteiger partial charge in [0.05, 0.1) is 18.4 Å². The SMILES string of the molecule is CCOC(=O)c1cnn2ccnc2c1C(C)C. The Labute approximate surface area is 99.4 Å². The maximum absolute atomic E-state index is 11.8. The predicted molar refractivity (Wildman–Crippen MR) is 63.0 cm³/mol. The van der Waals surface area contributed by atoms with Gasteiger partial charge >= 0.3 is 5.97 Å². The maximum Gasteiger partial charge on any atom is 0.340 e. The number of imidazole rings is 1. The van der Waals surface area contributed by atoms with Crippen molar-refractivity contribution in [2.75, 3.05) is 6.61 Å². The van der Waals surface area contributed by atoms with E-state index in [2.05, 4.69) is 10.1 Å². The Balaban J connectivity index is 2.61. The van der Waals surface area contributed by atoms with Crippen LogP contribution in [0.3, 0.4) is 0 Å². The number of hydrogen-bond acceptors (Lipinski definition) is 4. The molecule has 0 aliphatic rings. The zero-order valence-corrected chi connectivity index (χ0v) is 10.2. The van der Waals surface area contributed by atoms with E-state index in [0.29, 0.717) is 17.8 Å². The lowest BCUT2D eigenvalue weighted by molar-refractivity contribution is 0.0524. The number of nitrogens with zero attached hydrogens (tertiary/aromatic N) is 3. The minimum absolute atomic E-state index is 0.183. The number of ether oxygens (including phenoxy) is 1. The number of carbonyl (C=O) groups is 1. The van der Waals surface area contributed by atoms with Gasteiger partial charge < -0.3 is 4.74 Å². The fourth-order valence-corrected chi connectivity index (χ4v) is 1.83. The molecule has 0 N–H and O–H groups in total. The quantitative estimate of drug-likeness (QED) is 0.761. The Hall–Kier alpha value is -1.91. The molecule has 0 amide bonds. The molecule has 0 radical (unpaired) electrons. The van der Waals surface area contributed by atoms with Gasteiger partial charge in [-0.3, -0.25) is 0 Å². The molecular formula is C12H15N3O2. The first-order chi connectivity index (χ1) is 8.15. The average molecular weight is 233 g/mol. The minimum atomic E-state index is -0.339. The van der Waals surface area contributed by atoms with Gasteiger partial charge in [0, 0.05) is 18.0 Å². The summed E-state index contributed by atoms with van der Waals surface area (Å²) in [5.41, 5.74) is 2.09. The predicted octanol–water partition coefficient (Wildman–Crippen LogP) is 2.03. The second-order valence-electron chi connectivity index (χ2n) is 4.04. The molecule has 0 atom stereocenters. The molecule has 0 fully saturated rings. The number of esters is 1. The van der Waals surface area contributed by atoms with E-state index in [0.717, 1.165) is 5.56 Å². The molecular weight excluding hydrogens is 218 g/mol. The van der Waals surface area contributed by atoms with Crippen LogP contribution in [0, 0.1) is 0 Å². The van der Waals surface area contributed by atoms with Crippen LogP contribution in [0.25, 0.3) is 5.65 Å². The van der Waals surface area contributed by atoms with Crippen molar-refractivity contribution in [1.29, 1.82) is 0 Å². The summed E-state index contributed by atoms with van der Waals surface area (Å²) in [5.74, 6) is -0.156. The number of rotatable bonds is 3. The third-order valence-electron chi connectivity index (χ3n) is 2.54. The summed E-state index contributed by atoms with van der Waals surface area (Å²) in [5, 5.41) is 4.14. The molecule has 2 rings (SSSR count). The highest BCUT2D eigenvalue weighted by molar-refractivity contribution is 5.92. The van der Waals surface area contributed by atoms with E-state index in [1.807, 2.05) is 13.8 Å². The molecule has 5 nitrogen and oxygen atoms in total. The average Bonchev–Trinajstić information content (AvgIpc) is 2.75. The summed E-state index contributed by atoms with van der Waals surface area (Å²) in [6, 6.07) is 0. The van der Waals surface area contributed by atoms with Crippen molar-refractivity contribution in [3.05, 3.63) is 29.7 Å².